The maximum absolute atomic E-state index is 14.0. The predicted molar refractivity (Wildman–Crippen MR) is 82.3 cm³/mol. The standard InChI is InChI=1S/C17H14FN3O/c18-14-5-1-3-11-6-8-21(16(11)14)15(22)9-12-10-20-17-13(12)4-2-7-19-17/h1-5,7,10H,6,8-9H2,(H,19,20). The minimum atomic E-state index is -0.330. The molecule has 1 aliphatic rings. The minimum absolute atomic E-state index is 0.0893. The zero-order chi connectivity index (χ0) is 15.1. The van der Waals surface area contributed by atoms with Crippen LogP contribution >= 0.6 is 0 Å². The van der Waals surface area contributed by atoms with Crippen LogP contribution in [0, 0.1) is 5.82 Å². The van der Waals surface area contributed by atoms with Crippen molar-refractivity contribution in [1.82, 2.24) is 9.97 Å². The average molecular weight is 295 g/mol. The number of para-hydroxylation sites is 1. The highest BCUT2D eigenvalue weighted by atomic mass is 19.1. The van der Waals surface area contributed by atoms with Gasteiger partial charge >= 0.3 is 0 Å². The number of nitrogens with one attached hydrogen (secondary N) is 1. The van der Waals surface area contributed by atoms with Gasteiger partial charge < -0.3 is 9.88 Å². The Bertz CT molecular complexity index is 871. The van der Waals surface area contributed by atoms with Gasteiger partial charge in [-0.3, -0.25) is 4.79 Å². The molecule has 4 rings (SSSR count). The number of carbonyl (C=O) groups is 1. The van der Waals surface area contributed by atoms with E-state index >= 15 is 0 Å². The summed E-state index contributed by atoms with van der Waals surface area (Å²) in [4.78, 5) is 21.4. The monoisotopic (exact) mass is 295 g/mol. The quantitative estimate of drug-likeness (QED) is 0.790. The summed E-state index contributed by atoms with van der Waals surface area (Å²) in [5.41, 5.74) is 2.98. The van der Waals surface area contributed by atoms with Gasteiger partial charge in [-0.2, -0.15) is 0 Å². The molecule has 1 aromatic carbocycles. The van der Waals surface area contributed by atoms with Gasteiger partial charge in [-0.25, -0.2) is 9.37 Å². The summed E-state index contributed by atoms with van der Waals surface area (Å²) in [6.07, 6.45) is 4.44. The molecule has 0 unspecified atom stereocenters. The number of halogens is 1. The molecule has 0 saturated heterocycles. The molecule has 0 spiro atoms. The van der Waals surface area contributed by atoms with Gasteiger partial charge in [0.25, 0.3) is 0 Å². The van der Waals surface area contributed by atoms with Gasteiger partial charge in [0.1, 0.15) is 11.5 Å². The van der Waals surface area contributed by atoms with Gasteiger partial charge in [0.2, 0.25) is 5.91 Å². The average Bonchev–Trinajstić information content (AvgIpc) is 3.13. The molecule has 0 atom stereocenters. The number of benzene rings is 1. The van der Waals surface area contributed by atoms with E-state index in [1.54, 1.807) is 23.4 Å². The fraction of sp³-hybridized carbons (Fsp3) is 0.176. The number of H-pyrrole nitrogens is 1. The number of anilines is 1. The third kappa shape index (κ3) is 1.97. The number of hydrogen-bond donors (Lipinski definition) is 1. The summed E-state index contributed by atoms with van der Waals surface area (Å²) in [5, 5.41) is 0.934. The van der Waals surface area contributed by atoms with Crippen molar-refractivity contribution < 1.29 is 9.18 Å². The van der Waals surface area contributed by atoms with Crippen LogP contribution in [-0.4, -0.2) is 22.4 Å². The van der Waals surface area contributed by atoms with Crippen molar-refractivity contribution in [2.45, 2.75) is 12.8 Å². The normalized spacial score (nSPS) is 13.6. The van der Waals surface area contributed by atoms with Crippen LogP contribution in [-0.2, 0) is 17.6 Å². The lowest BCUT2D eigenvalue weighted by molar-refractivity contribution is -0.117. The molecule has 1 amide bonds. The van der Waals surface area contributed by atoms with E-state index in [1.165, 1.54) is 6.07 Å². The van der Waals surface area contributed by atoms with E-state index in [9.17, 15) is 9.18 Å². The number of fused-ring (bicyclic) bond motifs is 2. The van der Waals surface area contributed by atoms with Gasteiger partial charge in [0.05, 0.1) is 12.1 Å². The Morgan fingerprint density at radius 2 is 2.23 bits per heavy atom. The van der Waals surface area contributed by atoms with Crippen molar-refractivity contribution in [3.63, 3.8) is 0 Å². The van der Waals surface area contributed by atoms with E-state index < -0.39 is 0 Å². The lowest BCUT2D eigenvalue weighted by Gasteiger charge is -2.17. The zero-order valence-electron chi connectivity index (χ0n) is 11.8. The summed E-state index contributed by atoms with van der Waals surface area (Å²) in [6.45, 7) is 0.537. The third-order valence-electron chi connectivity index (χ3n) is 4.12. The molecule has 1 aliphatic heterocycles. The molecular formula is C17H14FN3O. The van der Waals surface area contributed by atoms with Crippen molar-refractivity contribution in [2.75, 3.05) is 11.4 Å². The molecule has 3 heterocycles. The smallest absolute Gasteiger partial charge is 0.231 e. The van der Waals surface area contributed by atoms with Crippen molar-refractivity contribution in [3.05, 3.63) is 59.7 Å². The molecule has 3 aromatic rings. The van der Waals surface area contributed by atoms with Crippen LogP contribution in [0.15, 0.2) is 42.7 Å². The Labute approximate surface area is 126 Å². The number of pyridine rings is 1. The zero-order valence-corrected chi connectivity index (χ0v) is 11.8. The fourth-order valence-electron chi connectivity index (χ4n) is 3.07. The number of amides is 1. The van der Waals surface area contributed by atoms with Gasteiger partial charge in [0, 0.05) is 24.3 Å². The van der Waals surface area contributed by atoms with Crippen LogP contribution in [0.1, 0.15) is 11.1 Å². The summed E-state index contributed by atoms with van der Waals surface area (Å²) in [5.74, 6) is -0.419. The first-order valence-corrected chi connectivity index (χ1v) is 7.23. The first-order valence-electron chi connectivity index (χ1n) is 7.23. The Morgan fingerprint density at radius 3 is 3.14 bits per heavy atom. The molecule has 110 valence electrons. The van der Waals surface area contributed by atoms with Crippen molar-refractivity contribution in [1.29, 1.82) is 0 Å². The van der Waals surface area contributed by atoms with Crippen LogP contribution < -0.4 is 4.90 Å². The lowest BCUT2D eigenvalue weighted by Crippen LogP contribution is -2.30. The summed E-state index contributed by atoms with van der Waals surface area (Å²) >= 11 is 0. The van der Waals surface area contributed by atoms with Crippen molar-refractivity contribution in [3.8, 4) is 0 Å². The second kappa shape index (κ2) is 4.94. The largest absolute Gasteiger partial charge is 0.346 e. The van der Waals surface area contributed by atoms with Gasteiger partial charge in [-0.05, 0) is 35.7 Å². The van der Waals surface area contributed by atoms with E-state index in [0.717, 1.165) is 22.2 Å². The highest BCUT2D eigenvalue weighted by molar-refractivity contribution is 5.98. The molecule has 5 heteroatoms. The van der Waals surface area contributed by atoms with Crippen LogP contribution in [0.25, 0.3) is 11.0 Å². The van der Waals surface area contributed by atoms with E-state index in [0.29, 0.717) is 18.7 Å². The van der Waals surface area contributed by atoms with Crippen LogP contribution in [0.5, 0.6) is 0 Å². The third-order valence-corrected chi connectivity index (χ3v) is 4.12. The second-order valence-electron chi connectivity index (χ2n) is 5.43. The van der Waals surface area contributed by atoms with Crippen molar-refractivity contribution in [2.24, 2.45) is 0 Å². The van der Waals surface area contributed by atoms with Gasteiger partial charge in [-0.15, -0.1) is 0 Å². The number of carbonyl (C=O) groups excluding carboxylic acids is 1. The Hall–Kier alpha value is -2.69. The molecule has 2 aromatic heterocycles. The molecule has 4 nitrogen and oxygen atoms in total. The Balaban J connectivity index is 1.65. The van der Waals surface area contributed by atoms with Crippen LogP contribution in [0.2, 0.25) is 0 Å². The SMILES string of the molecule is O=C(Cc1c[nH]c2ncccc12)N1CCc2cccc(F)c21. The summed E-state index contributed by atoms with van der Waals surface area (Å²) < 4.78 is 14.0. The Morgan fingerprint density at radius 1 is 1.32 bits per heavy atom. The molecule has 0 aliphatic carbocycles. The number of rotatable bonds is 2. The van der Waals surface area contributed by atoms with Crippen molar-refractivity contribution >= 4 is 22.6 Å². The molecule has 0 radical (unpaired) electrons. The molecule has 1 N–H and O–H groups in total. The summed E-state index contributed by atoms with van der Waals surface area (Å²) in [7, 11) is 0. The molecule has 0 saturated carbocycles. The highest BCUT2D eigenvalue weighted by Crippen LogP contribution is 2.31. The summed E-state index contributed by atoms with van der Waals surface area (Å²) in [6, 6.07) is 8.74. The second-order valence-corrected chi connectivity index (χ2v) is 5.43. The van der Waals surface area contributed by atoms with Crippen LogP contribution in [0.4, 0.5) is 10.1 Å². The predicted octanol–water partition coefficient (Wildman–Crippen LogP) is 2.83. The van der Waals surface area contributed by atoms with E-state index in [2.05, 4.69) is 9.97 Å². The van der Waals surface area contributed by atoms with E-state index in [1.807, 2.05) is 18.2 Å². The van der Waals surface area contributed by atoms with Gasteiger partial charge in [0.15, 0.2) is 0 Å². The number of hydrogen-bond acceptors (Lipinski definition) is 2. The highest BCUT2D eigenvalue weighted by Gasteiger charge is 2.27. The topological polar surface area (TPSA) is 49.0 Å². The van der Waals surface area contributed by atoms with Crippen LogP contribution in [0.3, 0.4) is 0 Å². The molecule has 22 heavy (non-hydrogen) atoms. The molecular weight excluding hydrogens is 281 g/mol. The number of nitrogens with zero attached hydrogens (tertiary/aromatic N) is 2. The minimum Gasteiger partial charge on any atom is -0.346 e. The van der Waals surface area contributed by atoms with E-state index in [-0.39, 0.29) is 18.1 Å². The van der Waals surface area contributed by atoms with E-state index in [4.69, 9.17) is 0 Å². The number of aromatic nitrogens is 2. The van der Waals surface area contributed by atoms with Gasteiger partial charge in [-0.1, -0.05) is 12.1 Å². The first-order chi connectivity index (χ1) is 10.7. The number of aromatic amines is 1. The molecule has 0 fully saturated rings. The lowest BCUT2D eigenvalue weighted by atomic mass is 10.1. The fourth-order valence-corrected chi connectivity index (χ4v) is 3.07. The Kier molecular flexibility index (Phi) is 2.92. The molecule has 0 bridgehead atoms. The first kappa shape index (κ1) is 13.0. The maximum atomic E-state index is 14.0. The maximum Gasteiger partial charge on any atom is 0.231 e.